The van der Waals surface area contributed by atoms with E-state index >= 15 is 0 Å². The van der Waals surface area contributed by atoms with Crippen LogP contribution < -0.4 is 11.7 Å². The maximum Gasteiger partial charge on any atom is 0.0729 e. The molecule has 1 fully saturated rings. The van der Waals surface area contributed by atoms with Gasteiger partial charge in [0.15, 0.2) is 0 Å². The SMILES string of the molecule is CC(N=NN)C1CCC(C(C)N=NN)CC1. The minimum Gasteiger partial charge on any atom is -0.305 e. The second-order valence-electron chi connectivity index (χ2n) is 4.62. The summed E-state index contributed by atoms with van der Waals surface area (Å²) in [5.41, 5.74) is 0. The van der Waals surface area contributed by atoms with Crippen LogP contribution in [-0.4, -0.2) is 12.1 Å². The Labute approximate surface area is 96.5 Å². The average molecular weight is 226 g/mol. The van der Waals surface area contributed by atoms with Crippen molar-refractivity contribution >= 4 is 0 Å². The van der Waals surface area contributed by atoms with Crippen LogP contribution in [0.1, 0.15) is 39.5 Å². The summed E-state index contributed by atoms with van der Waals surface area (Å²) in [5.74, 6) is 11.3. The van der Waals surface area contributed by atoms with Crippen molar-refractivity contribution in [3.05, 3.63) is 0 Å². The van der Waals surface area contributed by atoms with E-state index in [0.29, 0.717) is 11.8 Å². The van der Waals surface area contributed by atoms with Crippen molar-refractivity contribution < 1.29 is 0 Å². The minimum absolute atomic E-state index is 0.234. The number of nitrogens with zero attached hydrogens (tertiary/aromatic N) is 4. The first-order valence-corrected chi connectivity index (χ1v) is 5.89. The van der Waals surface area contributed by atoms with Crippen LogP contribution in [-0.2, 0) is 0 Å². The summed E-state index contributed by atoms with van der Waals surface area (Å²) in [6, 6.07) is 0.467. The maximum atomic E-state index is 5.07. The topological polar surface area (TPSA) is 101 Å². The highest BCUT2D eigenvalue weighted by molar-refractivity contribution is 4.82. The summed E-state index contributed by atoms with van der Waals surface area (Å²) >= 11 is 0. The fraction of sp³-hybridized carbons (Fsp3) is 1.00. The van der Waals surface area contributed by atoms with Gasteiger partial charge in [0, 0.05) is 0 Å². The van der Waals surface area contributed by atoms with E-state index in [0.717, 1.165) is 25.7 Å². The minimum atomic E-state index is 0.234. The fourth-order valence-electron chi connectivity index (χ4n) is 2.51. The zero-order chi connectivity index (χ0) is 12.0. The summed E-state index contributed by atoms with van der Waals surface area (Å²) in [6.45, 7) is 4.15. The quantitative estimate of drug-likeness (QED) is 0.436. The smallest absolute Gasteiger partial charge is 0.0729 e. The Hall–Kier alpha value is -1.20. The average Bonchev–Trinajstić information content (AvgIpc) is 2.30. The van der Waals surface area contributed by atoms with Crippen molar-refractivity contribution in [3.8, 4) is 0 Å². The van der Waals surface area contributed by atoms with Crippen LogP contribution in [0.4, 0.5) is 0 Å². The van der Waals surface area contributed by atoms with Crippen molar-refractivity contribution in [2.45, 2.75) is 51.6 Å². The molecule has 0 aromatic heterocycles. The summed E-state index contributed by atoms with van der Waals surface area (Å²) in [5, 5.41) is 14.7. The molecule has 16 heavy (non-hydrogen) atoms. The molecular weight excluding hydrogens is 204 g/mol. The van der Waals surface area contributed by atoms with E-state index in [1.807, 2.05) is 0 Å². The molecule has 6 heteroatoms. The Bertz CT molecular complexity index is 218. The molecule has 4 N–H and O–H groups in total. The molecule has 92 valence electrons. The van der Waals surface area contributed by atoms with Crippen LogP contribution in [0.2, 0.25) is 0 Å². The summed E-state index contributed by atoms with van der Waals surface area (Å²) in [7, 11) is 0. The normalized spacial score (nSPS) is 30.9. The van der Waals surface area contributed by atoms with Gasteiger partial charge in [-0.25, -0.2) is 0 Å². The Morgan fingerprint density at radius 2 is 1.12 bits per heavy atom. The summed E-state index contributed by atoms with van der Waals surface area (Å²) in [4.78, 5) is 0. The first kappa shape index (κ1) is 12.9. The lowest BCUT2D eigenvalue weighted by Crippen LogP contribution is -2.26. The Kier molecular flexibility index (Phi) is 5.14. The van der Waals surface area contributed by atoms with Gasteiger partial charge in [-0.05, 0) is 51.4 Å². The third-order valence-electron chi connectivity index (χ3n) is 3.68. The molecule has 2 unspecified atom stereocenters. The van der Waals surface area contributed by atoms with Gasteiger partial charge < -0.3 is 11.7 Å². The highest BCUT2D eigenvalue weighted by Gasteiger charge is 2.28. The Balaban J connectivity index is 2.39. The molecule has 0 amide bonds. The second-order valence-corrected chi connectivity index (χ2v) is 4.62. The zero-order valence-electron chi connectivity index (χ0n) is 10.1. The number of hydrogen-bond acceptors (Lipinski definition) is 4. The van der Waals surface area contributed by atoms with Gasteiger partial charge in [-0.15, -0.1) is 0 Å². The van der Waals surface area contributed by atoms with E-state index < -0.39 is 0 Å². The van der Waals surface area contributed by atoms with Crippen LogP contribution in [0.5, 0.6) is 0 Å². The lowest BCUT2D eigenvalue weighted by molar-refractivity contribution is 0.225. The van der Waals surface area contributed by atoms with Crippen molar-refractivity contribution in [2.75, 3.05) is 0 Å². The lowest BCUT2D eigenvalue weighted by Gasteiger charge is -2.31. The number of hydrogen-bond donors (Lipinski definition) is 2. The van der Waals surface area contributed by atoms with Crippen molar-refractivity contribution in [1.29, 1.82) is 0 Å². The molecule has 0 spiro atoms. The summed E-state index contributed by atoms with van der Waals surface area (Å²) < 4.78 is 0. The fourth-order valence-corrected chi connectivity index (χ4v) is 2.51. The van der Waals surface area contributed by atoms with Gasteiger partial charge in [-0.2, -0.15) is 10.2 Å². The maximum absolute atomic E-state index is 5.07. The van der Waals surface area contributed by atoms with E-state index in [1.165, 1.54) is 0 Å². The molecule has 0 aromatic rings. The third-order valence-corrected chi connectivity index (χ3v) is 3.68. The zero-order valence-corrected chi connectivity index (χ0v) is 10.1. The van der Waals surface area contributed by atoms with Gasteiger partial charge in [0.1, 0.15) is 0 Å². The van der Waals surface area contributed by atoms with Gasteiger partial charge >= 0.3 is 0 Å². The van der Waals surface area contributed by atoms with E-state index in [4.69, 9.17) is 11.7 Å². The van der Waals surface area contributed by atoms with Gasteiger partial charge in [-0.3, -0.25) is 0 Å². The molecule has 0 aliphatic heterocycles. The molecule has 0 bridgehead atoms. The number of rotatable bonds is 4. The van der Waals surface area contributed by atoms with E-state index in [-0.39, 0.29) is 12.1 Å². The van der Waals surface area contributed by atoms with E-state index in [9.17, 15) is 0 Å². The van der Waals surface area contributed by atoms with Crippen LogP contribution in [0.3, 0.4) is 0 Å². The molecule has 1 aliphatic rings. The van der Waals surface area contributed by atoms with Crippen LogP contribution in [0.25, 0.3) is 0 Å². The molecule has 0 heterocycles. The van der Waals surface area contributed by atoms with Crippen molar-refractivity contribution in [1.82, 2.24) is 0 Å². The van der Waals surface area contributed by atoms with Gasteiger partial charge in [0.2, 0.25) is 0 Å². The molecule has 2 atom stereocenters. The summed E-state index contributed by atoms with van der Waals surface area (Å²) in [6.07, 6.45) is 4.65. The highest BCUT2D eigenvalue weighted by atomic mass is 15.3. The molecule has 1 rings (SSSR count). The van der Waals surface area contributed by atoms with Gasteiger partial charge in [0.25, 0.3) is 0 Å². The van der Waals surface area contributed by atoms with Crippen LogP contribution in [0, 0.1) is 11.8 Å². The first-order chi connectivity index (χ1) is 7.69. The molecular formula is C10H22N6. The molecule has 1 aliphatic carbocycles. The van der Waals surface area contributed by atoms with E-state index in [2.05, 4.69) is 34.5 Å². The molecule has 0 saturated heterocycles. The third kappa shape index (κ3) is 3.43. The van der Waals surface area contributed by atoms with Crippen molar-refractivity contribution in [2.24, 2.45) is 44.2 Å². The molecule has 6 nitrogen and oxygen atoms in total. The largest absolute Gasteiger partial charge is 0.305 e. The lowest BCUT2D eigenvalue weighted by atomic mass is 9.77. The standard InChI is InChI=1S/C10H22N6/c1-7(13-15-11)9-3-5-10(6-4-9)8(2)14-16-12/h7-10H,3-6H2,1-2H3,(H2,11,13)(H2,12,14). The predicted molar refractivity (Wildman–Crippen MR) is 62.5 cm³/mol. The number of nitrogens with two attached hydrogens (primary N) is 2. The van der Waals surface area contributed by atoms with Crippen LogP contribution in [0.15, 0.2) is 20.7 Å². The first-order valence-electron chi connectivity index (χ1n) is 5.89. The van der Waals surface area contributed by atoms with Gasteiger partial charge in [-0.1, -0.05) is 10.4 Å². The van der Waals surface area contributed by atoms with E-state index in [1.54, 1.807) is 0 Å². The van der Waals surface area contributed by atoms with Gasteiger partial charge in [0.05, 0.1) is 12.1 Å². The molecule has 0 aromatic carbocycles. The molecule has 1 saturated carbocycles. The highest BCUT2D eigenvalue weighted by Crippen LogP contribution is 2.34. The second kappa shape index (κ2) is 6.40. The van der Waals surface area contributed by atoms with Crippen molar-refractivity contribution in [3.63, 3.8) is 0 Å². The molecule has 0 radical (unpaired) electrons. The monoisotopic (exact) mass is 226 g/mol. The van der Waals surface area contributed by atoms with Crippen LogP contribution >= 0.6 is 0 Å². The Morgan fingerprint density at radius 1 is 0.812 bits per heavy atom. The predicted octanol–water partition coefficient (Wildman–Crippen LogP) is 2.22. The Morgan fingerprint density at radius 3 is 1.38 bits per heavy atom.